The Morgan fingerprint density at radius 3 is 2.44 bits per heavy atom. The first-order valence-corrected chi connectivity index (χ1v) is 5.28. The van der Waals surface area contributed by atoms with Gasteiger partial charge in [0, 0.05) is 19.4 Å². The highest BCUT2D eigenvalue weighted by Crippen LogP contribution is 2.31. The number of amides is 1. The molecule has 1 atom stereocenters. The Balaban J connectivity index is 4.38. The van der Waals surface area contributed by atoms with Crippen LogP contribution >= 0.6 is 0 Å². The smallest absolute Gasteiger partial charge is 0.310 e. The minimum absolute atomic E-state index is 0.0232. The standard InChI is InChI=1S/C12H19NO3/c1-5-6-7-13-10(14)8-12(4,9(2)3)11(15)16/h1,9H,6-8H2,2-4H3,(H,13,14)(H,15,16). The molecule has 0 aromatic heterocycles. The molecule has 0 aliphatic rings. The molecule has 0 rings (SSSR count). The summed E-state index contributed by atoms with van der Waals surface area (Å²) >= 11 is 0. The summed E-state index contributed by atoms with van der Waals surface area (Å²) in [5, 5.41) is 11.7. The molecule has 0 aliphatic carbocycles. The average Bonchev–Trinajstić information content (AvgIpc) is 2.17. The Kier molecular flexibility index (Phi) is 5.59. The predicted octanol–water partition coefficient (Wildman–Crippen LogP) is 1.26. The third-order valence-electron chi connectivity index (χ3n) is 2.88. The van der Waals surface area contributed by atoms with Gasteiger partial charge in [-0.3, -0.25) is 9.59 Å². The van der Waals surface area contributed by atoms with Gasteiger partial charge in [0.25, 0.3) is 0 Å². The summed E-state index contributed by atoms with van der Waals surface area (Å²) in [5.74, 6) is 1.07. The lowest BCUT2D eigenvalue weighted by molar-refractivity contribution is -0.153. The Hall–Kier alpha value is -1.50. The van der Waals surface area contributed by atoms with E-state index in [1.165, 1.54) is 0 Å². The quantitative estimate of drug-likeness (QED) is 0.528. The third kappa shape index (κ3) is 3.93. The van der Waals surface area contributed by atoms with Crippen LogP contribution in [0.5, 0.6) is 0 Å². The minimum atomic E-state index is -1.03. The number of carboxylic acids is 1. The molecule has 0 aromatic rings. The third-order valence-corrected chi connectivity index (χ3v) is 2.88. The predicted molar refractivity (Wildman–Crippen MR) is 61.7 cm³/mol. The molecule has 0 fully saturated rings. The highest BCUT2D eigenvalue weighted by Gasteiger charge is 2.38. The van der Waals surface area contributed by atoms with Crippen molar-refractivity contribution in [3.05, 3.63) is 0 Å². The number of hydrogen-bond donors (Lipinski definition) is 2. The summed E-state index contributed by atoms with van der Waals surface area (Å²) in [7, 11) is 0. The van der Waals surface area contributed by atoms with E-state index in [0.717, 1.165) is 0 Å². The molecule has 0 radical (unpaired) electrons. The maximum Gasteiger partial charge on any atom is 0.310 e. The zero-order valence-electron chi connectivity index (χ0n) is 10.0. The van der Waals surface area contributed by atoms with Gasteiger partial charge >= 0.3 is 5.97 Å². The van der Waals surface area contributed by atoms with Gasteiger partial charge < -0.3 is 10.4 Å². The van der Waals surface area contributed by atoms with Gasteiger partial charge in [0.1, 0.15) is 0 Å². The van der Waals surface area contributed by atoms with Crippen molar-refractivity contribution >= 4 is 11.9 Å². The Morgan fingerprint density at radius 1 is 1.50 bits per heavy atom. The van der Waals surface area contributed by atoms with Crippen LogP contribution in [0, 0.1) is 23.7 Å². The summed E-state index contributed by atoms with van der Waals surface area (Å²) in [6.07, 6.45) is 5.48. The molecular formula is C12H19NO3. The van der Waals surface area contributed by atoms with Gasteiger partial charge in [0.05, 0.1) is 5.41 Å². The van der Waals surface area contributed by atoms with Crippen molar-refractivity contribution in [1.82, 2.24) is 5.32 Å². The molecule has 2 N–H and O–H groups in total. The lowest BCUT2D eigenvalue weighted by Gasteiger charge is -2.28. The molecule has 0 aliphatic heterocycles. The monoisotopic (exact) mass is 225 g/mol. The molecule has 16 heavy (non-hydrogen) atoms. The average molecular weight is 225 g/mol. The van der Waals surface area contributed by atoms with Crippen molar-refractivity contribution < 1.29 is 14.7 Å². The fourth-order valence-electron chi connectivity index (χ4n) is 1.20. The number of carboxylic acid groups (broad SMARTS) is 1. The molecule has 0 heterocycles. The molecule has 0 bridgehead atoms. The Bertz CT molecular complexity index is 304. The number of nitrogens with one attached hydrogen (secondary N) is 1. The maximum absolute atomic E-state index is 11.5. The van der Waals surface area contributed by atoms with E-state index in [-0.39, 0.29) is 18.2 Å². The van der Waals surface area contributed by atoms with Gasteiger partial charge in [-0.2, -0.15) is 0 Å². The van der Waals surface area contributed by atoms with Crippen LogP contribution in [-0.4, -0.2) is 23.5 Å². The highest BCUT2D eigenvalue weighted by molar-refractivity contribution is 5.84. The number of carbonyl (C=O) groups excluding carboxylic acids is 1. The van der Waals surface area contributed by atoms with Crippen LogP contribution in [0.2, 0.25) is 0 Å². The van der Waals surface area contributed by atoms with E-state index < -0.39 is 11.4 Å². The summed E-state index contributed by atoms with van der Waals surface area (Å²) in [6.45, 7) is 5.57. The molecule has 0 saturated carbocycles. The van der Waals surface area contributed by atoms with Crippen molar-refractivity contribution in [2.24, 2.45) is 11.3 Å². The number of hydrogen-bond acceptors (Lipinski definition) is 2. The second-order valence-electron chi connectivity index (χ2n) is 4.36. The summed E-state index contributed by atoms with van der Waals surface area (Å²) in [4.78, 5) is 22.6. The molecule has 0 aromatic carbocycles. The Morgan fingerprint density at radius 2 is 2.06 bits per heavy atom. The van der Waals surface area contributed by atoms with Crippen LogP contribution in [-0.2, 0) is 9.59 Å². The summed E-state index contributed by atoms with van der Waals surface area (Å²) < 4.78 is 0. The van der Waals surface area contributed by atoms with Crippen LogP contribution in [0.15, 0.2) is 0 Å². The first kappa shape index (κ1) is 14.5. The first-order chi connectivity index (χ1) is 7.34. The van der Waals surface area contributed by atoms with Crippen molar-refractivity contribution in [3.63, 3.8) is 0 Å². The van der Waals surface area contributed by atoms with E-state index in [9.17, 15) is 9.59 Å². The molecule has 4 nitrogen and oxygen atoms in total. The van der Waals surface area contributed by atoms with Crippen LogP contribution in [0.3, 0.4) is 0 Å². The van der Waals surface area contributed by atoms with Gasteiger partial charge in [-0.1, -0.05) is 13.8 Å². The SMILES string of the molecule is C#CCCNC(=O)CC(C)(C(=O)O)C(C)C. The van der Waals surface area contributed by atoms with E-state index >= 15 is 0 Å². The lowest BCUT2D eigenvalue weighted by atomic mass is 9.76. The number of aliphatic carboxylic acids is 1. The van der Waals surface area contributed by atoms with E-state index in [1.54, 1.807) is 20.8 Å². The second-order valence-corrected chi connectivity index (χ2v) is 4.36. The van der Waals surface area contributed by atoms with Crippen LogP contribution in [0.4, 0.5) is 0 Å². The van der Waals surface area contributed by atoms with E-state index in [0.29, 0.717) is 13.0 Å². The molecule has 4 heteroatoms. The number of rotatable bonds is 6. The van der Waals surface area contributed by atoms with Gasteiger partial charge in [-0.15, -0.1) is 12.3 Å². The molecule has 1 unspecified atom stereocenters. The van der Waals surface area contributed by atoms with Crippen LogP contribution in [0.1, 0.15) is 33.6 Å². The molecular weight excluding hydrogens is 206 g/mol. The van der Waals surface area contributed by atoms with Crippen LogP contribution in [0.25, 0.3) is 0 Å². The Labute approximate surface area is 96.4 Å². The molecule has 90 valence electrons. The normalized spacial score (nSPS) is 13.9. The molecule has 1 amide bonds. The van der Waals surface area contributed by atoms with Gasteiger partial charge in [0.2, 0.25) is 5.91 Å². The van der Waals surface area contributed by atoms with Gasteiger partial charge in [-0.25, -0.2) is 0 Å². The maximum atomic E-state index is 11.5. The number of terminal acetylenes is 1. The zero-order valence-corrected chi connectivity index (χ0v) is 10.0. The fourth-order valence-corrected chi connectivity index (χ4v) is 1.20. The lowest BCUT2D eigenvalue weighted by Crippen LogP contribution is -2.39. The molecule has 0 spiro atoms. The van der Waals surface area contributed by atoms with Crippen LogP contribution < -0.4 is 5.32 Å². The first-order valence-electron chi connectivity index (χ1n) is 5.28. The molecule has 0 saturated heterocycles. The summed E-state index contributed by atoms with van der Waals surface area (Å²) in [6, 6.07) is 0. The number of carbonyl (C=O) groups is 2. The zero-order chi connectivity index (χ0) is 12.8. The van der Waals surface area contributed by atoms with E-state index in [4.69, 9.17) is 11.5 Å². The van der Waals surface area contributed by atoms with Gasteiger partial charge in [0.15, 0.2) is 0 Å². The van der Waals surface area contributed by atoms with Gasteiger partial charge in [-0.05, 0) is 12.8 Å². The minimum Gasteiger partial charge on any atom is -0.481 e. The van der Waals surface area contributed by atoms with Crippen molar-refractivity contribution in [2.45, 2.75) is 33.6 Å². The van der Waals surface area contributed by atoms with Crippen molar-refractivity contribution in [3.8, 4) is 12.3 Å². The van der Waals surface area contributed by atoms with Crippen molar-refractivity contribution in [2.75, 3.05) is 6.54 Å². The van der Waals surface area contributed by atoms with Crippen molar-refractivity contribution in [1.29, 1.82) is 0 Å². The van der Waals surface area contributed by atoms with E-state index in [2.05, 4.69) is 11.2 Å². The fraction of sp³-hybridized carbons (Fsp3) is 0.667. The highest BCUT2D eigenvalue weighted by atomic mass is 16.4. The topological polar surface area (TPSA) is 66.4 Å². The second kappa shape index (κ2) is 6.16. The van der Waals surface area contributed by atoms with E-state index in [1.807, 2.05) is 0 Å². The summed E-state index contributed by atoms with van der Waals surface area (Å²) in [5.41, 5.74) is -1.03. The largest absolute Gasteiger partial charge is 0.481 e.